The molecule has 3 heterocycles. The first-order valence-electron chi connectivity index (χ1n) is 9.35. The van der Waals surface area contributed by atoms with Gasteiger partial charge in [-0.1, -0.05) is 12.1 Å². The Balaban J connectivity index is 1.25. The van der Waals surface area contributed by atoms with Gasteiger partial charge in [0.2, 0.25) is 0 Å². The molecule has 2 aromatic rings. The van der Waals surface area contributed by atoms with Crippen LogP contribution in [0.5, 0.6) is 0 Å². The Hall–Kier alpha value is -3.03. The van der Waals surface area contributed by atoms with E-state index in [0.29, 0.717) is 29.2 Å². The van der Waals surface area contributed by atoms with Crippen LogP contribution in [0.4, 0.5) is 15.3 Å². The number of benzene rings is 1. The molecule has 8 heteroatoms. The van der Waals surface area contributed by atoms with Crippen molar-refractivity contribution in [2.75, 3.05) is 25.5 Å². The van der Waals surface area contributed by atoms with Crippen molar-refractivity contribution in [1.29, 1.82) is 0 Å². The molecule has 148 valence electrons. The monoisotopic (exact) mass is 385 g/mol. The lowest BCUT2D eigenvalue weighted by molar-refractivity contribution is -0.0362. The van der Waals surface area contributed by atoms with E-state index in [1.54, 1.807) is 0 Å². The second-order valence-electron chi connectivity index (χ2n) is 7.36. The summed E-state index contributed by atoms with van der Waals surface area (Å²) in [6.07, 6.45) is 4.20. The number of nitrogens with one attached hydrogen (secondary N) is 1. The van der Waals surface area contributed by atoms with Gasteiger partial charge in [-0.15, -0.1) is 0 Å². The van der Waals surface area contributed by atoms with Crippen molar-refractivity contribution in [2.45, 2.75) is 19.4 Å². The molecular weight excluding hydrogens is 362 g/mol. The van der Waals surface area contributed by atoms with Gasteiger partial charge in [-0.05, 0) is 48.3 Å². The van der Waals surface area contributed by atoms with Crippen LogP contribution >= 0.6 is 0 Å². The van der Waals surface area contributed by atoms with E-state index in [1.807, 2.05) is 29.2 Å². The van der Waals surface area contributed by atoms with Crippen LogP contribution in [0, 0.1) is 17.8 Å². The van der Waals surface area contributed by atoms with Gasteiger partial charge in [0, 0.05) is 18.8 Å². The van der Waals surface area contributed by atoms with Crippen LogP contribution in [0.15, 0.2) is 41.3 Å². The van der Waals surface area contributed by atoms with Crippen LogP contribution in [0.25, 0.3) is 0 Å². The Labute approximate surface area is 162 Å². The summed E-state index contributed by atoms with van der Waals surface area (Å²) in [6, 6.07) is 7.80. The number of nitrogens with zero attached hydrogens (tertiary/aromatic N) is 2. The van der Waals surface area contributed by atoms with E-state index in [2.05, 4.69) is 10.3 Å². The summed E-state index contributed by atoms with van der Waals surface area (Å²) in [5, 5.41) is 2.70. The van der Waals surface area contributed by atoms with Gasteiger partial charge in [0.15, 0.2) is 18.8 Å². The summed E-state index contributed by atoms with van der Waals surface area (Å²) < 4.78 is 14.9. The lowest BCUT2D eigenvalue weighted by atomic mass is 9.60. The van der Waals surface area contributed by atoms with E-state index in [9.17, 15) is 9.59 Å². The molecule has 3 fully saturated rings. The maximum absolute atomic E-state index is 11.8. The van der Waals surface area contributed by atoms with Gasteiger partial charge < -0.3 is 18.8 Å². The van der Waals surface area contributed by atoms with Crippen molar-refractivity contribution in [1.82, 2.24) is 9.88 Å². The number of methoxy groups -OCH3 is 1. The normalized spacial score (nSPS) is 22.9. The van der Waals surface area contributed by atoms with Crippen LogP contribution in [-0.4, -0.2) is 42.3 Å². The van der Waals surface area contributed by atoms with Crippen molar-refractivity contribution in [3.05, 3.63) is 48.2 Å². The number of aromatic nitrogens is 1. The average Bonchev–Trinajstić information content (AvgIpc) is 3.24. The minimum Gasteiger partial charge on any atom is -0.453 e. The molecule has 1 aromatic carbocycles. The van der Waals surface area contributed by atoms with Crippen LogP contribution in [0.1, 0.15) is 17.7 Å². The number of carbonyl (C=O) groups excluding carboxylic acids is 2. The fourth-order valence-corrected chi connectivity index (χ4v) is 4.20. The largest absolute Gasteiger partial charge is 0.453 e. The Morgan fingerprint density at radius 2 is 2.00 bits per heavy atom. The van der Waals surface area contributed by atoms with Gasteiger partial charge in [0.05, 0.1) is 13.3 Å². The topological polar surface area (TPSA) is 93.9 Å². The highest BCUT2D eigenvalue weighted by molar-refractivity contribution is 5.84. The second-order valence-corrected chi connectivity index (χ2v) is 7.36. The molecule has 0 radical (unpaired) electrons. The van der Waals surface area contributed by atoms with Crippen LogP contribution in [-0.2, 0) is 22.5 Å². The Bertz CT molecular complexity index is 809. The van der Waals surface area contributed by atoms with Crippen molar-refractivity contribution in [3.63, 3.8) is 0 Å². The molecule has 2 amide bonds. The van der Waals surface area contributed by atoms with Crippen LogP contribution in [0.3, 0.4) is 0 Å². The molecule has 2 bridgehead atoms. The number of hydrogen-bond donors (Lipinski definition) is 1. The van der Waals surface area contributed by atoms with Crippen LogP contribution < -0.4 is 5.32 Å². The molecule has 2 unspecified atom stereocenters. The van der Waals surface area contributed by atoms with E-state index in [0.717, 1.165) is 19.5 Å². The summed E-state index contributed by atoms with van der Waals surface area (Å²) in [7, 11) is 1.43. The van der Waals surface area contributed by atoms with Gasteiger partial charge in [0.1, 0.15) is 0 Å². The number of amides is 2. The molecule has 28 heavy (non-hydrogen) atoms. The summed E-state index contributed by atoms with van der Waals surface area (Å²) >= 11 is 0. The van der Waals surface area contributed by atoms with Crippen molar-refractivity contribution >= 4 is 17.9 Å². The number of fused-ring (bicyclic) bond motifs is 2. The Morgan fingerprint density at radius 3 is 2.64 bits per heavy atom. The molecular formula is C20H23N3O5. The van der Waals surface area contributed by atoms with Crippen molar-refractivity contribution in [3.8, 4) is 0 Å². The highest BCUT2D eigenvalue weighted by Gasteiger charge is 2.47. The average molecular weight is 385 g/mol. The number of carbonyl (C=O) groups is 2. The molecule has 1 N–H and O–H groups in total. The van der Waals surface area contributed by atoms with E-state index in [-0.39, 0.29) is 12.7 Å². The molecule has 2 atom stereocenters. The first kappa shape index (κ1) is 18.3. The number of piperidine rings is 2. The molecule has 2 aliphatic heterocycles. The maximum atomic E-state index is 11.8. The highest BCUT2D eigenvalue weighted by atomic mass is 16.6. The summed E-state index contributed by atoms with van der Waals surface area (Å²) in [5.41, 5.74) is 1.91. The quantitative estimate of drug-likeness (QED) is 0.849. The minimum atomic E-state index is -0.541. The molecule has 1 aliphatic carbocycles. The smallest absolute Gasteiger partial charge is 0.412 e. The first-order valence-corrected chi connectivity index (χ1v) is 9.35. The van der Waals surface area contributed by atoms with Crippen LogP contribution in [0.2, 0.25) is 0 Å². The number of ether oxygens (including phenoxy) is 2. The zero-order chi connectivity index (χ0) is 19.5. The predicted octanol–water partition coefficient (Wildman–Crippen LogP) is 3.30. The van der Waals surface area contributed by atoms with Crippen molar-refractivity contribution < 1.29 is 23.5 Å². The van der Waals surface area contributed by atoms with Gasteiger partial charge in [0.25, 0.3) is 0 Å². The third kappa shape index (κ3) is 3.95. The Kier molecular flexibility index (Phi) is 5.18. The number of anilines is 1. The molecule has 5 rings (SSSR count). The minimum absolute atomic E-state index is 0.0387. The molecule has 1 aromatic heterocycles. The lowest BCUT2D eigenvalue weighted by Crippen LogP contribution is -2.57. The number of hydrogen-bond acceptors (Lipinski definition) is 6. The third-order valence-electron chi connectivity index (χ3n) is 5.66. The third-order valence-corrected chi connectivity index (χ3v) is 5.66. The first-order chi connectivity index (χ1) is 13.6. The lowest BCUT2D eigenvalue weighted by Gasteiger charge is -2.53. The summed E-state index contributed by atoms with van der Waals surface area (Å²) in [4.78, 5) is 29.1. The maximum Gasteiger partial charge on any atom is 0.412 e. The number of oxazole rings is 1. The van der Waals surface area contributed by atoms with E-state index in [4.69, 9.17) is 13.9 Å². The zero-order valence-electron chi connectivity index (χ0n) is 15.7. The fourth-order valence-electron chi connectivity index (χ4n) is 4.20. The fraction of sp³-hybridized carbons (Fsp3) is 0.450. The van der Waals surface area contributed by atoms with Crippen molar-refractivity contribution in [2.24, 2.45) is 17.8 Å². The molecule has 8 nitrogen and oxygen atoms in total. The standard InChI is InChI=1S/C20H23N3O5/c1-26-20(25)23-9-14-7-15(10-23)18(14)6-13-2-4-16(5-3-13)22-19(24)27-11-17-8-21-12-28-17/h2-5,8,12,14-15,18H,6-7,9-11H2,1H3,(H,22,24). The highest BCUT2D eigenvalue weighted by Crippen LogP contribution is 2.47. The van der Waals surface area contributed by atoms with Gasteiger partial charge >= 0.3 is 12.2 Å². The summed E-state index contributed by atoms with van der Waals surface area (Å²) in [5.74, 6) is 2.18. The van der Waals surface area contributed by atoms with E-state index >= 15 is 0 Å². The molecule has 2 saturated heterocycles. The van der Waals surface area contributed by atoms with E-state index in [1.165, 1.54) is 31.7 Å². The Morgan fingerprint density at radius 1 is 1.25 bits per heavy atom. The summed E-state index contributed by atoms with van der Waals surface area (Å²) in [6.45, 7) is 1.60. The zero-order valence-corrected chi connectivity index (χ0v) is 15.7. The van der Waals surface area contributed by atoms with E-state index < -0.39 is 6.09 Å². The molecule has 3 aliphatic rings. The number of rotatable bonds is 5. The second kappa shape index (κ2) is 7.92. The predicted molar refractivity (Wildman–Crippen MR) is 99.5 cm³/mol. The van der Waals surface area contributed by atoms with Gasteiger partial charge in [-0.2, -0.15) is 0 Å². The molecule has 0 spiro atoms. The van der Waals surface area contributed by atoms with Gasteiger partial charge in [-0.3, -0.25) is 5.32 Å². The SMILES string of the molecule is COC(=O)N1CC2CC(C1)C2Cc1ccc(NC(=O)OCc2cnco2)cc1. The molecule has 1 saturated carbocycles. The van der Waals surface area contributed by atoms with Gasteiger partial charge in [-0.25, -0.2) is 14.6 Å².